The third-order valence-electron chi connectivity index (χ3n) is 3.56. The van der Waals surface area contributed by atoms with Gasteiger partial charge in [0.25, 0.3) is 0 Å². The van der Waals surface area contributed by atoms with E-state index in [1.54, 1.807) is 18.2 Å². The summed E-state index contributed by atoms with van der Waals surface area (Å²) in [7, 11) is 0. The lowest BCUT2D eigenvalue weighted by Crippen LogP contribution is -2.46. The quantitative estimate of drug-likeness (QED) is 0.678. The number of aromatic hydroxyl groups is 1. The average molecular weight is 320 g/mol. The highest BCUT2D eigenvalue weighted by Gasteiger charge is 2.54. The van der Waals surface area contributed by atoms with E-state index in [0.29, 0.717) is 0 Å². The van der Waals surface area contributed by atoms with Gasteiger partial charge in [0.2, 0.25) is 0 Å². The summed E-state index contributed by atoms with van der Waals surface area (Å²) in [5.74, 6) is -0.840. The maximum absolute atomic E-state index is 12.4. The molecule has 7 heteroatoms. The van der Waals surface area contributed by atoms with Crippen LogP contribution in [0.25, 0.3) is 0 Å². The first-order chi connectivity index (χ1) is 10.5. The van der Waals surface area contributed by atoms with Gasteiger partial charge in [0.15, 0.2) is 5.78 Å². The maximum atomic E-state index is 12.4. The first kappa shape index (κ1) is 14.3. The zero-order chi connectivity index (χ0) is 15.9. The number of carbonyl (C=O) groups excluding carboxylic acids is 1. The molecule has 0 saturated carbocycles. The number of phenolic OH excluding ortho intramolecular Hbond substituents is 1. The number of hydrogen-bond acceptors (Lipinski definition) is 5. The Bertz CT molecular complexity index is 777. The van der Waals surface area contributed by atoms with Crippen molar-refractivity contribution in [1.29, 1.82) is 0 Å². The fraction of sp³-hybridized carbons (Fsp3) is 0.133. The lowest BCUT2D eigenvalue weighted by molar-refractivity contribution is -0.626. The molecule has 1 aliphatic heterocycles. The molecule has 0 bridgehead atoms. The van der Waals surface area contributed by atoms with Crippen LogP contribution in [0.3, 0.4) is 0 Å². The number of hydrogen-bond donors (Lipinski definition) is 1. The first-order valence-corrected chi connectivity index (χ1v) is 6.77. The van der Waals surface area contributed by atoms with Crippen LogP contribution in [0.15, 0.2) is 42.5 Å². The standard InChI is InChI=1S/C15H10ClNO5/c16-14-10(18)6-7-12-13(14)11(19)8-15(22-12,17(20)21)9-4-2-1-3-5-9/h1-7,18H,8H2. The summed E-state index contributed by atoms with van der Waals surface area (Å²) in [6.45, 7) is 0. The Morgan fingerprint density at radius 1 is 1.23 bits per heavy atom. The molecule has 1 heterocycles. The molecule has 0 saturated heterocycles. The van der Waals surface area contributed by atoms with E-state index in [0.717, 1.165) is 0 Å². The number of ketones is 1. The Labute approximate surface area is 130 Å². The number of benzene rings is 2. The van der Waals surface area contributed by atoms with E-state index in [-0.39, 0.29) is 27.6 Å². The summed E-state index contributed by atoms with van der Waals surface area (Å²) in [6, 6.07) is 10.6. The van der Waals surface area contributed by atoms with Crippen molar-refractivity contribution in [3.63, 3.8) is 0 Å². The number of rotatable bonds is 2. The fourth-order valence-electron chi connectivity index (χ4n) is 2.48. The van der Waals surface area contributed by atoms with Gasteiger partial charge in [-0.25, -0.2) is 0 Å². The van der Waals surface area contributed by atoms with Crippen molar-refractivity contribution in [2.45, 2.75) is 12.1 Å². The number of nitrogens with zero attached hydrogens (tertiary/aromatic N) is 1. The topological polar surface area (TPSA) is 89.7 Å². The van der Waals surface area contributed by atoms with Gasteiger partial charge in [-0.1, -0.05) is 29.8 Å². The minimum Gasteiger partial charge on any atom is -0.506 e. The number of nitro groups is 1. The molecule has 6 nitrogen and oxygen atoms in total. The number of halogens is 1. The number of Topliss-reactive ketones (excluding diaryl/α,β-unsaturated/α-hetero) is 1. The lowest BCUT2D eigenvalue weighted by atomic mass is 9.91. The summed E-state index contributed by atoms with van der Waals surface area (Å²) >= 11 is 5.90. The Balaban J connectivity index is 2.19. The van der Waals surface area contributed by atoms with Gasteiger partial charge >= 0.3 is 5.72 Å². The second-order valence-electron chi connectivity index (χ2n) is 4.88. The van der Waals surface area contributed by atoms with Crippen molar-refractivity contribution >= 4 is 17.4 Å². The predicted molar refractivity (Wildman–Crippen MR) is 77.8 cm³/mol. The average Bonchev–Trinajstić information content (AvgIpc) is 2.51. The molecule has 0 spiro atoms. The van der Waals surface area contributed by atoms with E-state index in [1.807, 2.05) is 0 Å². The molecule has 1 unspecified atom stereocenters. The Hall–Kier alpha value is -2.60. The molecular weight excluding hydrogens is 310 g/mol. The molecule has 0 radical (unpaired) electrons. The van der Waals surface area contributed by atoms with Crippen LogP contribution in [0.2, 0.25) is 5.02 Å². The van der Waals surface area contributed by atoms with Crippen molar-refractivity contribution in [1.82, 2.24) is 0 Å². The van der Waals surface area contributed by atoms with Crippen LogP contribution in [-0.2, 0) is 5.72 Å². The highest BCUT2D eigenvalue weighted by Crippen LogP contribution is 2.44. The second-order valence-corrected chi connectivity index (χ2v) is 5.26. The zero-order valence-electron chi connectivity index (χ0n) is 11.2. The van der Waals surface area contributed by atoms with Gasteiger partial charge in [0.05, 0.1) is 21.1 Å². The smallest absolute Gasteiger partial charge is 0.397 e. The lowest BCUT2D eigenvalue weighted by Gasteiger charge is -2.30. The van der Waals surface area contributed by atoms with E-state index < -0.39 is 22.9 Å². The van der Waals surface area contributed by atoms with Gasteiger partial charge in [0.1, 0.15) is 17.9 Å². The molecule has 0 fully saturated rings. The van der Waals surface area contributed by atoms with Gasteiger partial charge in [-0.3, -0.25) is 14.9 Å². The van der Waals surface area contributed by atoms with Gasteiger partial charge in [0, 0.05) is 0 Å². The summed E-state index contributed by atoms with van der Waals surface area (Å²) < 4.78 is 5.56. The van der Waals surface area contributed by atoms with E-state index >= 15 is 0 Å². The number of fused-ring (bicyclic) bond motifs is 1. The molecule has 1 N–H and O–H groups in total. The molecular formula is C15H10ClNO5. The van der Waals surface area contributed by atoms with Gasteiger partial charge in [-0.2, -0.15) is 0 Å². The highest BCUT2D eigenvalue weighted by molar-refractivity contribution is 6.35. The highest BCUT2D eigenvalue weighted by atomic mass is 35.5. The maximum Gasteiger partial charge on any atom is 0.397 e. The van der Waals surface area contributed by atoms with Crippen LogP contribution in [0.4, 0.5) is 0 Å². The number of carbonyl (C=O) groups is 1. The van der Waals surface area contributed by atoms with Crippen molar-refractivity contribution in [2.24, 2.45) is 0 Å². The summed E-state index contributed by atoms with van der Waals surface area (Å²) in [4.78, 5) is 23.4. The van der Waals surface area contributed by atoms with E-state index in [2.05, 4.69) is 0 Å². The second kappa shape index (κ2) is 4.99. The van der Waals surface area contributed by atoms with E-state index in [1.165, 1.54) is 24.3 Å². The molecule has 0 amide bonds. The van der Waals surface area contributed by atoms with Crippen molar-refractivity contribution in [2.75, 3.05) is 0 Å². The van der Waals surface area contributed by atoms with Crippen molar-refractivity contribution < 1.29 is 19.6 Å². The molecule has 0 aromatic heterocycles. The SMILES string of the molecule is O=C1CC(c2ccccc2)([N+](=O)[O-])Oc2ccc(O)c(Cl)c21. The molecule has 1 aliphatic rings. The van der Waals surface area contributed by atoms with Crippen molar-refractivity contribution in [3.05, 3.63) is 68.7 Å². The van der Waals surface area contributed by atoms with Crippen molar-refractivity contribution in [3.8, 4) is 11.5 Å². The minimum absolute atomic E-state index is 0.0143. The first-order valence-electron chi connectivity index (χ1n) is 6.39. The largest absolute Gasteiger partial charge is 0.506 e. The number of ether oxygens (including phenoxy) is 1. The van der Waals surface area contributed by atoms with Crippen LogP contribution in [-0.4, -0.2) is 15.8 Å². The molecule has 0 aliphatic carbocycles. The Kier molecular flexibility index (Phi) is 3.26. The van der Waals surface area contributed by atoms with Crippen LogP contribution in [0.1, 0.15) is 22.3 Å². The minimum atomic E-state index is -1.99. The van der Waals surface area contributed by atoms with E-state index in [9.17, 15) is 20.0 Å². The van der Waals surface area contributed by atoms with Crippen LogP contribution in [0, 0.1) is 10.1 Å². The van der Waals surface area contributed by atoms with Gasteiger partial charge < -0.3 is 9.84 Å². The van der Waals surface area contributed by atoms with Gasteiger partial charge in [-0.05, 0) is 24.3 Å². The number of phenols is 1. The Morgan fingerprint density at radius 2 is 1.91 bits per heavy atom. The van der Waals surface area contributed by atoms with Crippen LogP contribution >= 0.6 is 11.6 Å². The third-order valence-corrected chi connectivity index (χ3v) is 3.94. The Morgan fingerprint density at radius 3 is 2.55 bits per heavy atom. The third kappa shape index (κ3) is 2.00. The van der Waals surface area contributed by atoms with E-state index in [4.69, 9.17) is 16.3 Å². The molecule has 3 rings (SSSR count). The monoisotopic (exact) mass is 319 g/mol. The summed E-state index contributed by atoms with van der Waals surface area (Å²) in [5, 5.41) is 21.0. The normalized spacial score (nSPS) is 20.1. The molecule has 1 atom stereocenters. The summed E-state index contributed by atoms with van der Waals surface area (Å²) in [6.07, 6.45) is -0.500. The van der Waals surface area contributed by atoms with Crippen LogP contribution in [0.5, 0.6) is 11.5 Å². The summed E-state index contributed by atoms with van der Waals surface area (Å²) in [5.41, 5.74) is -1.76. The molecule has 2 aromatic carbocycles. The molecule has 112 valence electrons. The molecule has 2 aromatic rings. The zero-order valence-corrected chi connectivity index (χ0v) is 11.9. The molecule has 22 heavy (non-hydrogen) atoms. The fourth-order valence-corrected chi connectivity index (χ4v) is 2.74. The van der Waals surface area contributed by atoms with Crippen LogP contribution < -0.4 is 4.74 Å². The predicted octanol–water partition coefficient (Wildman–Crippen LogP) is 3.14. The van der Waals surface area contributed by atoms with Gasteiger partial charge in [-0.15, -0.1) is 0 Å².